The van der Waals surface area contributed by atoms with E-state index in [4.69, 9.17) is 10.6 Å². The molecule has 106 valence electrons. The van der Waals surface area contributed by atoms with E-state index >= 15 is 0 Å². The van der Waals surface area contributed by atoms with Gasteiger partial charge >= 0.3 is 0 Å². The molecule has 0 aromatic heterocycles. The van der Waals surface area contributed by atoms with Crippen molar-refractivity contribution in [2.75, 3.05) is 7.11 Å². The average molecular weight is 254 g/mol. The summed E-state index contributed by atoms with van der Waals surface area (Å²) in [6.45, 7) is 4.30. The molecule has 2 fully saturated rings. The van der Waals surface area contributed by atoms with E-state index in [2.05, 4.69) is 19.3 Å². The predicted octanol–water partition coefficient (Wildman–Crippen LogP) is 2.85. The van der Waals surface area contributed by atoms with E-state index in [0.717, 1.165) is 30.6 Å². The van der Waals surface area contributed by atoms with Crippen molar-refractivity contribution in [3.8, 4) is 0 Å². The second-order valence-electron chi connectivity index (χ2n) is 7.04. The van der Waals surface area contributed by atoms with Crippen molar-refractivity contribution in [2.24, 2.45) is 23.6 Å². The van der Waals surface area contributed by atoms with Crippen molar-refractivity contribution >= 4 is 0 Å². The minimum atomic E-state index is -0.0240. The van der Waals surface area contributed by atoms with Crippen LogP contribution in [-0.4, -0.2) is 18.8 Å². The van der Waals surface area contributed by atoms with Gasteiger partial charge in [-0.05, 0) is 70.1 Å². The van der Waals surface area contributed by atoms with Crippen molar-refractivity contribution in [1.29, 1.82) is 0 Å². The Morgan fingerprint density at radius 2 is 2.11 bits per heavy atom. The highest BCUT2D eigenvalue weighted by atomic mass is 16.5. The van der Waals surface area contributed by atoms with Gasteiger partial charge in [0.1, 0.15) is 0 Å². The third-order valence-corrected chi connectivity index (χ3v) is 5.35. The lowest BCUT2D eigenvalue weighted by Crippen LogP contribution is -2.39. The minimum absolute atomic E-state index is 0.0240. The fourth-order valence-corrected chi connectivity index (χ4v) is 3.92. The highest BCUT2D eigenvalue weighted by Gasteiger charge is 2.40. The van der Waals surface area contributed by atoms with Crippen molar-refractivity contribution in [3.05, 3.63) is 0 Å². The molecular formula is C15H30N2O. The normalized spacial score (nSPS) is 33.0. The number of nitrogens with one attached hydrogen (secondary N) is 1. The molecule has 0 aromatic rings. The molecular weight excluding hydrogens is 224 g/mol. The Kier molecular flexibility index (Phi) is 4.68. The summed E-state index contributed by atoms with van der Waals surface area (Å²) in [6.07, 6.45) is 9.35. The maximum absolute atomic E-state index is 5.73. The summed E-state index contributed by atoms with van der Waals surface area (Å²) in [4.78, 5) is 0. The van der Waals surface area contributed by atoms with E-state index in [1.807, 2.05) is 0 Å². The van der Waals surface area contributed by atoms with Crippen molar-refractivity contribution < 1.29 is 4.74 Å². The van der Waals surface area contributed by atoms with Crippen LogP contribution in [0.15, 0.2) is 0 Å². The summed E-state index contributed by atoms with van der Waals surface area (Å²) < 4.78 is 5.48. The first kappa shape index (κ1) is 14.3. The van der Waals surface area contributed by atoms with E-state index in [0.29, 0.717) is 6.04 Å². The van der Waals surface area contributed by atoms with Crippen LogP contribution in [0.4, 0.5) is 0 Å². The molecule has 0 spiro atoms. The van der Waals surface area contributed by atoms with Crippen LogP contribution in [0.25, 0.3) is 0 Å². The maximum Gasteiger partial charge on any atom is 0.0623 e. The first-order valence-corrected chi connectivity index (χ1v) is 7.55. The number of hydrazine groups is 1. The van der Waals surface area contributed by atoms with Crippen molar-refractivity contribution in [2.45, 2.75) is 70.4 Å². The quantitative estimate of drug-likeness (QED) is 0.542. The van der Waals surface area contributed by atoms with Crippen LogP contribution in [0.3, 0.4) is 0 Å². The Morgan fingerprint density at radius 3 is 2.61 bits per heavy atom. The molecule has 0 radical (unpaired) electrons. The van der Waals surface area contributed by atoms with E-state index < -0.39 is 0 Å². The molecule has 0 aliphatic heterocycles. The van der Waals surface area contributed by atoms with Crippen LogP contribution in [0.1, 0.15) is 58.8 Å². The first-order chi connectivity index (χ1) is 8.54. The zero-order valence-electron chi connectivity index (χ0n) is 12.2. The number of fused-ring (bicyclic) bond motifs is 2. The predicted molar refractivity (Wildman–Crippen MR) is 75.0 cm³/mol. The Balaban J connectivity index is 1.75. The SMILES string of the molecule is COC(C)(C)CCC(CC1CC2CCC1C2)NN. The lowest BCUT2D eigenvalue weighted by molar-refractivity contribution is 0.0109. The number of methoxy groups -OCH3 is 1. The molecule has 3 nitrogen and oxygen atoms in total. The topological polar surface area (TPSA) is 47.3 Å². The van der Waals surface area contributed by atoms with E-state index in [9.17, 15) is 0 Å². The Hall–Kier alpha value is -0.120. The number of ether oxygens (including phenoxy) is 1. The third-order valence-electron chi connectivity index (χ3n) is 5.35. The molecule has 3 heteroatoms. The standard InChI is InChI=1S/C15H30N2O/c1-15(2,18-3)7-6-14(17-16)10-13-9-11-4-5-12(13)8-11/h11-14,17H,4-10,16H2,1-3H3. The summed E-state index contributed by atoms with van der Waals surface area (Å²) in [5, 5.41) is 0. The van der Waals surface area contributed by atoms with Crippen LogP contribution in [0.2, 0.25) is 0 Å². The zero-order chi connectivity index (χ0) is 13.2. The summed E-state index contributed by atoms with van der Waals surface area (Å²) in [6, 6.07) is 0.462. The van der Waals surface area contributed by atoms with Gasteiger partial charge in [-0.1, -0.05) is 6.42 Å². The van der Waals surface area contributed by atoms with Gasteiger partial charge in [0, 0.05) is 13.2 Å². The van der Waals surface area contributed by atoms with Crippen LogP contribution >= 0.6 is 0 Å². The van der Waals surface area contributed by atoms with Gasteiger partial charge in [0.2, 0.25) is 0 Å². The Bertz CT molecular complexity index is 267. The number of hydrogen-bond donors (Lipinski definition) is 2. The number of hydrogen-bond acceptors (Lipinski definition) is 3. The van der Waals surface area contributed by atoms with Crippen molar-refractivity contribution in [3.63, 3.8) is 0 Å². The minimum Gasteiger partial charge on any atom is -0.379 e. The maximum atomic E-state index is 5.73. The lowest BCUT2D eigenvalue weighted by atomic mass is 9.83. The van der Waals surface area contributed by atoms with E-state index in [1.165, 1.54) is 32.1 Å². The summed E-state index contributed by atoms with van der Waals surface area (Å²) in [7, 11) is 1.79. The van der Waals surface area contributed by atoms with Crippen LogP contribution in [0.5, 0.6) is 0 Å². The third kappa shape index (κ3) is 3.46. The van der Waals surface area contributed by atoms with Gasteiger partial charge in [0.05, 0.1) is 5.60 Å². The van der Waals surface area contributed by atoms with Crippen LogP contribution in [0, 0.1) is 17.8 Å². The molecule has 0 aromatic carbocycles. The van der Waals surface area contributed by atoms with Crippen LogP contribution in [-0.2, 0) is 4.74 Å². The van der Waals surface area contributed by atoms with Gasteiger partial charge in [-0.3, -0.25) is 11.3 Å². The average Bonchev–Trinajstić information content (AvgIpc) is 2.96. The Morgan fingerprint density at radius 1 is 1.33 bits per heavy atom. The largest absolute Gasteiger partial charge is 0.379 e. The zero-order valence-corrected chi connectivity index (χ0v) is 12.2. The molecule has 0 amide bonds. The molecule has 18 heavy (non-hydrogen) atoms. The monoisotopic (exact) mass is 254 g/mol. The molecule has 2 aliphatic carbocycles. The molecule has 2 saturated carbocycles. The fraction of sp³-hybridized carbons (Fsp3) is 1.00. The van der Waals surface area contributed by atoms with Gasteiger partial charge in [0.25, 0.3) is 0 Å². The second kappa shape index (κ2) is 5.89. The molecule has 2 aliphatic rings. The van der Waals surface area contributed by atoms with Gasteiger partial charge in [0.15, 0.2) is 0 Å². The molecule has 0 saturated heterocycles. The number of rotatable bonds is 7. The van der Waals surface area contributed by atoms with Gasteiger partial charge in [-0.2, -0.15) is 0 Å². The Labute approximate surface area is 112 Å². The van der Waals surface area contributed by atoms with Crippen molar-refractivity contribution in [1.82, 2.24) is 5.43 Å². The smallest absolute Gasteiger partial charge is 0.0623 e. The molecule has 4 atom stereocenters. The summed E-state index contributed by atoms with van der Waals surface area (Å²) in [5.74, 6) is 8.69. The molecule has 2 rings (SSSR count). The van der Waals surface area contributed by atoms with Gasteiger partial charge in [-0.15, -0.1) is 0 Å². The number of nitrogens with two attached hydrogens (primary N) is 1. The fourth-order valence-electron chi connectivity index (χ4n) is 3.92. The van der Waals surface area contributed by atoms with Gasteiger partial charge < -0.3 is 4.74 Å². The molecule has 3 N–H and O–H groups in total. The van der Waals surface area contributed by atoms with Gasteiger partial charge in [-0.25, -0.2) is 0 Å². The van der Waals surface area contributed by atoms with Crippen LogP contribution < -0.4 is 11.3 Å². The highest BCUT2D eigenvalue weighted by Crippen LogP contribution is 2.50. The molecule has 2 bridgehead atoms. The van der Waals surface area contributed by atoms with E-state index in [-0.39, 0.29) is 5.60 Å². The first-order valence-electron chi connectivity index (χ1n) is 7.55. The molecule has 4 unspecified atom stereocenters. The highest BCUT2D eigenvalue weighted by molar-refractivity contribution is 4.91. The molecule has 0 heterocycles. The van der Waals surface area contributed by atoms with E-state index in [1.54, 1.807) is 7.11 Å². The second-order valence-corrected chi connectivity index (χ2v) is 7.04. The summed E-state index contributed by atoms with van der Waals surface area (Å²) in [5.41, 5.74) is 3.01. The summed E-state index contributed by atoms with van der Waals surface area (Å²) >= 11 is 0. The lowest BCUT2D eigenvalue weighted by Gasteiger charge is -2.29.